The summed E-state index contributed by atoms with van der Waals surface area (Å²) >= 11 is 0. The molecule has 3 heteroatoms. The Hall–Kier alpha value is -0.570. The Morgan fingerprint density at radius 3 is 2.71 bits per heavy atom. The molecule has 1 aliphatic heterocycles. The number of hydrogen-bond donors (Lipinski definition) is 1. The van der Waals surface area contributed by atoms with E-state index in [2.05, 4.69) is 18.7 Å². The van der Waals surface area contributed by atoms with E-state index >= 15 is 0 Å². The number of hydrogen-bond acceptors (Lipinski definition) is 2. The molecule has 1 saturated carbocycles. The summed E-state index contributed by atoms with van der Waals surface area (Å²) in [6.07, 6.45) is 6.72. The average Bonchev–Trinajstić information content (AvgIpc) is 2.27. The van der Waals surface area contributed by atoms with E-state index in [1.54, 1.807) is 0 Å². The lowest BCUT2D eigenvalue weighted by atomic mass is 9.73. The van der Waals surface area contributed by atoms with Gasteiger partial charge in [-0.05, 0) is 38.5 Å². The Balaban J connectivity index is 2.02. The molecule has 0 aromatic heterocycles. The van der Waals surface area contributed by atoms with Gasteiger partial charge >= 0.3 is 0 Å². The average molecular weight is 238 g/mol. The van der Waals surface area contributed by atoms with Crippen LogP contribution in [0.3, 0.4) is 0 Å². The monoisotopic (exact) mass is 238 g/mol. The van der Waals surface area contributed by atoms with Crippen molar-refractivity contribution in [2.24, 2.45) is 17.6 Å². The summed E-state index contributed by atoms with van der Waals surface area (Å²) in [6.45, 7) is 6.17. The van der Waals surface area contributed by atoms with Crippen molar-refractivity contribution >= 4 is 5.91 Å². The second-order valence-electron chi connectivity index (χ2n) is 6.34. The zero-order chi connectivity index (χ0) is 12.5. The van der Waals surface area contributed by atoms with Crippen LogP contribution < -0.4 is 5.73 Å². The van der Waals surface area contributed by atoms with Crippen molar-refractivity contribution in [1.29, 1.82) is 0 Å². The molecule has 0 bridgehead atoms. The van der Waals surface area contributed by atoms with E-state index in [9.17, 15) is 4.79 Å². The smallest absolute Gasteiger partial charge is 0.227 e. The zero-order valence-electron chi connectivity index (χ0n) is 11.2. The number of amides is 1. The maximum Gasteiger partial charge on any atom is 0.227 e. The summed E-state index contributed by atoms with van der Waals surface area (Å²) in [4.78, 5) is 14.6. The zero-order valence-corrected chi connectivity index (χ0v) is 11.2. The SMILES string of the molecule is CC1CCCN(C(=O)C2CCCCC2(C)N)C1. The molecule has 2 aliphatic rings. The molecule has 0 aromatic carbocycles. The molecule has 2 N–H and O–H groups in total. The van der Waals surface area contributed by atoms with Gasteiger partial charge in [0.1, 0.15) is 0 Å². The molecule has 0 aromatic rings. The second-order valence-corrected chi connectivity index (χ2v) is 6.34. The van der Waals surface area contributed by atoms with Crippen molar-refractivity contribution < 1.29 is 4.79 Å². The van der Waals surface area contributed by atoms with Crippen LogP contribution in [-0.4, -0.2) is 29.4 Å². The van der Waals surface area contributed by atoms with Gasteiger partial charge in [-0.2, -0.15) is 0 Å². The van der Waals surface area contributed by atoms with E-state index in [1.165, 1.54) is 12.8 Å². The first-order valence-corrected chi connectivity index (χ1v) is 7.08. The molecule has 0 spiro atoms. The van der Waals surface area contributed by atoms with Gasteiger partial charge in [0.05, 0.1) is 5.92 Å². The highest BCUT2D eigenvalue weighted by molar-refractivity contribution is 5.80. The summed E-state index contributed by atoms with van der Waals surface area (Å²) in [5.74, 6) is 1.03. The predicted octanol–water partition coefficient (Wildman–Crippen LogP) is 2.15. The molecule has 2 rings (SSSR count). The molecule has 1 aliphatic carbocycles. The second kappa shape index (κ2) is 4.97. The van der Waals surface area contributed by atoms with Crippen molar-refractivity contribution in [2.75, 3.05) is 13.1 Å². The van der Waals surface area contributed by atoms with Crippen molar-refractivity contribution in [3.63, 3.8) is 0 Å². The number of nitrogens with two attached hydrogens (primary N) is 1. The van der Waals surface area contributed by atoms with Crippen LogP contribution in [0.5, 0.6) is 0 Å². The third-order valence-electron chi connectivity index (χ3n) is 4.52. The lowest BCUT2D eigenvalue weighted by Crippen LogP contribution is -2.55. The summed E-state index contributed by atoms with van der Waals surface area (Å²) in [6, 6.07) is 0. The van der Waals surface area contributed by atoms with E-state index in [0.29, 0.717) is 11.8 Å². The van der Waals surface area contributed by atoms with Crippen LogP contribution in [0.4, 0.5) is 0 Å². The summed E-state index contributed by atoms with van der Waals surface area (Å²) in [5.41, 5.74) is 6.04. The number of nitrogens with zero attached hydrogens (tertiary/aromatic N) is 1. The van der Waals surface area contributed by atoms with Crippen molar-refractivity contribution in [3.8, 4) is 0 Å². The largest absolute Gasteiger partial charge is 0.342 e. The fourth-order valence-corrected chi connectivity index (χ4v) is 3.37. The van der Waals surface area contributed by atoms with Gasteiger partial charge in [0, 0.05) is 18.6 Å². The van der Waals surface area contributed by atoms with Crippen molar-refractivity contribution in [1.82, 2.24) is 4.90 Å². The van der Waals surface area contributed by atoms with Crippen LogP contribution in [0.1, 0.15) is 52.4 Å². The molecule has 1 heterocycles. The number of likely N-dealkylation sites (tertiary alicyclic amines) is 1. The van der Waals surface area contributed by atoms with Crippen molar-refractivity contribution in [2.45, 2.75) is 57.9 Å². The summed E-state index contributed by atoms with van der Waals surface area (Å²) in [5, 5.41) is 0. The highest BCUT2D eigenvalue weighted by Crippen LogP contribution is 2.33. The fraction of sp³-hybridized carbons (Fsp3) is 0.929. The van der Waals surface area contributed by atoms with Crippen LogP contribution in [0, 0.1) is 11.8 Å². The molecular formula is C14H26N2O. The minimum absolute atomic E-state index is 0.0570. The third kappa shape index (κ3) is 2.82. The van der Waals surface area contributed by atoms with Crippen LogP contribution in [0.2, 0.25) is 0 Å². The lowest BCUT2D eigenvalue weighted by Gasteiger charge is -2.41. The molecule has 2 fully saturated rings. The van der Waals surface area contributed by atoms with Gasteiger partial charge in [-0.25, -0.2) is 0 Å². The standard InChI is InChI=1S/C14H26N2O/c1-11-6-5-9-16(10-11)13(17)12-7-3-4-8-14(12,2)15/h11-12H,3-10,15H2,1-2H3. The Bertz CT molecular complexity index is 288. The molecule has 3 unspecified atom stereocenters. The topological polar surface area (TPSA) is 46.3 Å². The Morgan fingerprint density at radius 1 is 1.29 bits per heavy atom. The maximum atomic E-state index is 12.6. The van der Waals surface area contributed by atoms with Crippen LogP contribution in [0.15, 0.2) is 0 Å². The first kappa shape index (κ1) is 12.9. The Kier molecular flexibility index (Phi) is 3.76. The minimum Gasteiger partial charge on any atom is -0.342 e. The summed E-state index contributed by atoms with van der Waals surface area (Å²) < 4.78 is 0. The molecule has 3 nitrogen and oxygen atoms in total. The van der Waals surface area contributed by atoms with E-state index in [-0.39, 0.29) is 11.5 Å². The molecule has 1 saturated heterocycles. The molecule has 3 atom stereocenters. The highest BCUT2D eigenvalue weighted by atomic mass is 16.2. The van der Waals surface area contributed by atoms with Gasteiger partial charge < -0.3 is 10.6 Å². The molecule has 1 amide bonds. The number of carbonyl (C=O) groups is 1. The van der Waals surface area contributed by atoms with Crippen molar-refractivity contribution in [3.05, 3.63) is 0 Å². The number of carbonyl (C=O) groups excluding carboxylic acids is 1. The first-order chi connectivity index (χ1) is 8.00. The number of rotatable bonds is 1. The normalized spacial score (nSPS) is 39.1. The van der Waals surface area contributed by atoms with Gasteiger partial charge in [-0.15, -0.1) is 0 Å². The van der Waals surface area contributed by atoms with Gasteiger partial charge in [0.25, 0.3) is 0 Å². The molecule has 98 valence electrons. The number of piperidine rings is 1. The highest BCUT2D eigenvalue weighted by Gasteiger charge is 2.40. The van der Waals surface area contributed by atoms with E-state index in [4.69, 9.17) is 5.73 Å². The minimum atomic E-state index is -0.282. The maximum absolute atomic E-state index is 12.6. The molecule has 0 radical (unpaired) electrons. The quantitative estimate of drug-likeness (QED) is 0.761. The molecule has 17 heavy (non-hydrogen) atoms. The van der Waals surface area contributed by atoms with Crippen LogP contribution >= 0.6 is 0 Å². The molecular weight excluding hydrogens is 212 g/mol. The van der Waals surface area contributed by atoms with Crippen LogP contribution in [0.25, 0.3) is 0 Å². The van der Waals surface area contributed by atoms with Gasteiger partial charge in [-0.3, -0.25) is 4.79 Å². The van der Waals surface area contributed by atoms with E-state index in [0.717, 1.165) is 38.8 Å². The predicted molar refractivity (Wildman–Crippen MR) is 69.5 cm³/mol. The van der Waals surface area contributed by atoms with E-state index < -0.39 is 0 Å². The Morgan fingerprint density at radius 2 is 2.06 bits per heavy atom. The summed E-state index contributed by atoms with van der Waals surface area (Å²) in [7, 11) is 0. The Labute approximate surface area is 105 Å². The van der Waals surface area contributed by atoms with Crippen LogP contribution in [-0.2, 0) is 4.79 Å². The van der Waals surface area contributed by atoms with Gasteiger partial charge in [0.15, 0.2) is 0 Å². The third-order valence-corrected chi connectivity index (χ3v) is 4.52. The first-order valence-electron chi connectivity index (χ1n) is 7.08. The van der Waals surface area contributed by atoms with Gasteiger partial charge in [0.2, 0.25) is 5.91 Å². The fourth-order valence-electron chi connectivity index (χ4n) is 3.37. The van der Waals surface area contributed by atoms with E-state index in [1.807, 2.05) is 0 Å². The lowest BCUT2D eigenvalue weighted by molar-refractivity contribution is -0.140. The van der Waals surface area contributed by atoms with Gasteiger partial charge in [-0.1, -0.05) is 19.8 Å².